The predicted octanol–water partition coefficient (Wildman–Crippen LogP) is 0.754. The van der Waals surface area contributed by atoms with Gasteiger partial charge in [0.25, 0.3) is 0 Å². The van der Waals surface area contributed by atoms with Gasteiger partial charge in [0.1, 0.15) is 11.9 Å². The topological polar surface area (TPSA) is 69.4 Å². The molecule has 17 heavy (non-hydrogen) atoms. The number of sulfone groups is 1. The molecule has 4 nitrogen and oxygen atoms in total. The first-order chi connectivity index (χ1) is 8.09. The first kappa shape index (κ1) is 12.4. The highest BCUT2D eigenvalue weighted by Crippen LogP contribution is 2.21. The minimum absolute atomic E-state index is 0.139. The van der Waals surface area contributed by atoms with Gasteiger partial charge in [0.15, 0.2) is 9.84 Å². The minimum Gasteiger partial charge on any atom is -0.488 e. The molecule has 0 atom stereocenters. The van der Waals surface area contributed by atoms with Gasteiger partial charge >= 0.3 is 0 Å². The number of hydrogen-bond donors (Lipinski definition) is 1. The van der Waals surface area contributed by atoms with Crippen molar-refractivity contribution in [2.45, 2.75) is 18.9 Å². The van der Waals surface area contributed by atoms with Crippen LogP contribution in [0.2, 0.25) is 0 Å². The van der Waals surface area contributed by atoms with Crippen LogP contribution >= 0.6 is 0 Å². The van der Waals surface area contributed by atoms with E-state index in [1.54, 1.807) is 0 Å². The van der Waals surface area contributed by atoms with Crippen LogP contribution in [-0.2, 0) is 16.3 Å². The maximum atomic E-state index is 11.0. The molecule has 1 aliphatic heterocycles. The summed E-state index contributed by atoms with van der Waals surface area (Å²) in [6, 6.07) is 7.77. The van der Waals surface area contributed by atoms with Crippen LogP contribution < -0.4 is 10.5 Å². The fourth-order valence-corrected chi connectivity index (χ4v) is 3.03. The summed E-state index contributed by atoms with van der Waals surface area (Å²) < 4.78 is 27.6. The zero-order chi connectivity index (χ0) is 12.3. The second-order valence-electron chi connectivity index (χ2n) is 4.36. The molecule has 0 unspecified atom stereocenters. The van der Waals surface area contributed by atoms with Crippen LogP contribution in [0.4, 0.5) is 0 Å². The molecular weight excluding hydrogens is 238 g/mol. The Morgan fingerprint density at radius 1 is 1.35 bits per heavy atom. The van der Waals surface area contributed by atoms with Gasteiger partial charge in [-0.15, -0.1) is 0 Å². The molecule has 1 aromatic rings. The van der Waals surface area contributed by atoms with Crippen molar-refractivity contribution >= 4 is 9.84 Å². The van der Waals surface area contributed by atoms with E-state index in [1.165, 1.54) is 5.56 Å². The fraction of sp³-hybridized carbons (Fsp3) is 0.500. The third-order valence-electron chi connectivity index (χ3n) is 2.75. The molecule has 0 aromatic heterocycles. The normalized spacial score (nSPS) is 18.6. The quantitative estimate of drug-likeness (QED) is 0.843. The lowest BCUT2D eigenvalue weighted by atomic mass is 10.1. The summed E-state index contributed by atoms with van der Waals surface area (Å²) in [5, 5.41) is 0. The molecule has 0 saturated carbocycles. The number of nitrogens with two attached hydrogens (primary N) is 1. The predicted molar refractivity (Wildman–Crippen MR) is 66.9 cm³/mol. The molecular formula is C12H17NO3S. The van der Waals surface area contributed by atoms with Crippen molar-refractivity contribution in [2.75, 3.05) is 18.1 Å². The monoisotopic (exact) mass is 255 g/mol. The Morgan fingerprint density at radius 3 is 2.76 bits per heavy atom. The fourth-order valence-electron chi connectivity index (χ4n) is 1.86. The number of benzene rings is 1. The van der Waals surface area contributed by atoms with Crippen molar-refractivity contribution in [2.24, 2.45) is 5.73 Å². The molecule has 1 heterocycles. The van der Waals surface area contributed by atoms with Gasteiger partial charge in [-0.25, -0.2) is 8.42 Å². The Kier molecular flexibility index (Phi) is 3.69. The van der Waals surface area contributed by atoms with Crippen LogP contribution in [0.1, 0.15) is 12.0 Å². The van der Waals surface area contributed by atoms with Gasteiger partial charge in [-0.2, -0.15) is 0 Å². The summed E-state index contributed by atoms with van der Waals surface area (Å²) >= 11 is 0. The van der Waals surface area contributed by atoms with Crippen LogP contribution in [0, 0.1) is 0 Å². The van der Waals surface area contributed by atoms with Crippen molar-refractivity contribution in [3.63, 3.8) is 0 Å². The lowest BCUT2D eigenvalue weighted by Crippen LogP contribution is -2.45. The zero-order valence-electron chi connectivity index (χ0n) is 9.63. The van der Waals surface area contributed by atoms with Gasteiger partial charge < -0.3 is 10.5 Å². The zero-order valence-corrected chi connectivity index (χ0v) is 10.4. The highest BCUT2D eigenvalue weighted by atomic mass is 32.2. The van der Waals surface area contributed by atoms with Gasteiger partial charge in [0.2, 0.25) is 0 Å². The molecule has 0 amide bonds. The molecule has 1 aromatic carbocycles. The van der Waals surface area contributed by atoms with Gasteiger partial charge in [-0.3, -0.25) is 0 Å². The highest BCUT2D eigenvalue weighted by Gasteiger charge is 2.35. The third kappa shape index (κ3) is 3.44. The second kappa shape index (κ2) is 5.06. The lowest BCUT2D eigenvalue weighted by molar-refractivity contribution is 0.230. The molecule has 1 fully saturated rings. The lowest BCUT2D eigenvalue weighted by Gasteiger charge is -2.26. The van der Waals surface area contributed by atoms with Crippen LogP contribution in [0.5, 0.6) is 5.75 Å². The largest absolute Gasteiger partial charge is 0.488 e. The summed E-state index contributed by atoms with van der Waals surface area (Å²) in [5.74, 6) is 1.03. The standard InChI is InChI=1S/C12H17NO3S/c13-6-2-4-10-3-1-5-11(7-10)16-12-8-17(14,15)9-12/h1,3,5,7,12H,2,4,6,8-9,13H2. The summed E-state index contributed by atoms with van der Waals surface area (Å²) in [6.45, 7) is 0.673. The highest BCUT2D eigenvalue weighted by molar-refractivity contribution is 7.92. The third-order valence-corrected chi connectivity index (χ3v) is 4.51. The van der Waals surface area contributed by atoms with Crippen LogP contribution in [0.15, 0.2) is 24.3 Å². The van der Waals surface area contributed by atoms with Crippen LogP contribution in [-0.4, -0.2) is 32.6 Å². The van der Waals surface area contributed by atoms with E-state index < -0.39 is 9.84 Å². The maximum Gasteiger partial charge on any atom is 0.157 e. The molecule has 1 saturated heterocycles. The molecule has 0 aliphatic carbocycles. The van der Waals surface area contributed by atoms with Crippen molar-refractivity contribution in [1.29, 1.82) is 0 Å². The van der Waals surface area contributed by atoms with Gasteiger partial charge in [-0.05, 0) is 37.1 Å². The van der Waals surface area contributed by atoms with Gasteiger partial charge in [0, 0.05) is 0 Å². The maximum absolute atomic E-state index is 11.0. The smallest absolute Gasteiger partial charge is 0.157 e. The van der Waals surface area contributed by atoms with Crippen molar-refractivity contribution in [1.82, 2.24) is 0 Å². The van der Waals surface area contributed by atoms with E-state index >= 15 is 0 Å². The van der Waals surface area contributed by atoms with E-state index in [2.05, 4.69) is 0 Å². The van der Waals surface area contributed by atoms with Gasteiger partial charge in [0.05, 0.1) is 11.5 Å². The first-order valence-corrected chi connectivity index (χ1v) is 7.57. The summed E-state index contributed by atoms with van der Waals surface area (Å²) in [5.41, 5.74) is 6.63. The molecule has 5 heteroatoms. The number of aryl methyl sites for hydroxylation is 1. The first-order valence-electron chi connectivity index (χ1n) is 5.75. The molecule has 2 rings (SSSR count). The SMILES string of the molecule is NCCCc1cccc(OC2CS(=O)(=O)C2)c1. The van der Waals surface area contributed by atoms with E-state index in [0.717, 1.165) is 18.6 Å². The minimum atomic E-state index is -2.82. The summed E-state index contributed by atoms with van der Waals surface area (Å²) in [4.78, 5) is 0. The average molecular weight is 255 g/mol. The van der Waals surface area contributed by atoms with Crippen molar-refractivity contribution in [3.05, 3.63) is 29.8 Å². The summed E-state index contributed by atoms with van der Waals surface area (Å²) in [6.07, 6.45) is 1.70. The molecule has 0 spiro atoms. The molecule has 1 aliphatic rings. The van der Waals surface area contributed by atoms with E-state index in [4.69, 9.17) is 10.5 Å². The van der Waals surface area contributed by atoms with Crippen LogP contribution in [0.3, 0.4) is 0 Å². The molecule has 2 N–H and O–H groups in total. The number of hydrogen-bond acceptors (Lipinski definition) is 4. The summed E-state index contributed by atoms with van der Waals surface area (Å²) in [7, 11) is -2.82. The second-order valence-corrected chi connectivity index (χ2v) is 6.51. The van der Waals surface area contributed by atoms with Crippen molar-refractivity contribution < 1.29 is 13.2 Å². The van der Waals surface area contributed by atoms with Crippen LogP contribution in [0.25, 0.3) is 0 Å². The molecule has 0 bridgehead atoms. The van der Waals surface area contributed by atoms with E-state index in [0.29, 0.717) is 6.54 Å². The molecule has 94 valence electrons. The Hall–Kier alpha value is -1.07. The Bertz CT molecular complexity index is 472. The Balaban J connectivity index is 1.93. The van der Waals surface area contributed by atoms with E-state index in [1.807, 2.05) is 24.3 Å². The number of ether oxygens (including phenoxy) is 1. The van der Waals surface area contributed by atoms with E-state index in [9.17, 15) is 8.42 Å². The Morgan fingerprint density at radius 2 is 2.12 bits per heavy atom. The average Bonchev–Trinajstić information content (AvgIpc) is 2.24. The van der Waals surface area contributed by atoms with Gasteiger partial charge in [-0.1, -0.05) is 12.1 Å². The Labute approximate surface area is 102 Å². The van der Waals surface area contributed by atoms with Crippen molar-refractivity contribution in [3.8, 4) is 5.75 Å². The molecule has 0 radical (unpaired) electrons. The number of rotatable bonds is 5. The van der Waals surface area contributed by atoms with E-state index in [-0.39, 0.29) is 17.6 Å².